The third-order valence-electron chi connectivity index (χ3n) is 2.87. The molecular weight excluding hydrogens is 324 g/mol. The molecule has 0 bridgehead atoms. The molecule has 0 N–H and O–H groups in total. The SMILES string of the molecule is CC1(c2ccc(Br)o2)CCCC(CBr)O1. The highest BCUT2D eigenvalue weighted by molar-refractivity contribution is 9.10. The van der Waals surface area contributed by atoms with E-state index in [0.29, 0.717) is 6.10 Å². The first-order chi connectivity index (χ1) is 7.14. The van der Waals surface area contributed by atoms with Gasteiger partial charge in [0.1, 0.15) is 11.4 Å². The number of furan rings is 1. The van der Waals surface area contributed by atoms with Crippen LogP contribution in [-0.2, 0) is 10.3 Å². The second kappa shape index (κ2) is 4.60. The zero-order valence-corrected chi connectivity index (χ0v) is 11.8. The van der Waals surface area contributed by atoms with Gasteiger partial charge < -0.3 is 9.15 Å². The van der Waals surface area contributed by atoms with E-state index in [2.05, 4.69) is 38.8 Å². The van der Waals surface area contributed by atoms with Gasteiger partial charge in [-0.05, 0) is 54.2 Å². The van der Waals surface area contributed by atoms with Crippen molar-refractivity contribution >= 4 is 31.9 Å². The Kier molecular flexibility index (Phi) is 3.58. The minimum Gasteiger partial charge on any atom is -0.451 e. The first-order valence-corrected chi connectivity index (χ1v) is 7.05. The summed E-state index contributed by atoms with van der Waals surface area (Å²) in [5.74, 6) is 0.917. The van der Waals surface area contributed by atoms with E-state index in [1.807, 2.05) is 12.1 Å². The molecule has 2 rings (SSSR count). The average molecular weight is 338 g/mol. The molecule has 4 heteroatoms. The van der Waals surface area contributed by atoms with Gasteiger partial charge in [0.25, 0.3) is 0 Å². The van der Waals surface area contributed by atoms with Crippen molar-refractivity contribution in [2.24, 2.45) is 0 Å². The second-order valence-corrected chi connectivity index (χ2v) is 5.55. The summed E-state index contributed by atoms with van der Waals surface area (Å²) in [6.45, 7) is 2.10. The Balaban J connectivity index is 2.18. The fourth-order valence-electron chi connectivity index (χ4n) is 2.04. The maximum atomic E-state index is 6.06. The van der Waals surface area contributed by atoms with Crippen molar-refractivity contribution < 1.29 is 9.15 Å². The summed E-state index contributed by atoms with van der Waals surface area (Å²) in [6.07, 6.45) is 3.64. The smallest absolute Gasteiger partial charge is 0.169 e. The van der Waals surface area contributed by atoms with Gasteiger partial charge in [0.2, 0.25) is 0 Å². The Hall–Kier alpha value is 0.200. The minimum atomic E-state index is -0.261. The van der Waals surface area contributed by atoms with Crippen molar-refractivity contribution in [3.63, 3.8) is 0 Å². The molecule has 2 heterocycles. The second-order valence-electron chi connectivity index (χ2n) is 4.12. The fraction of sp³-hybridized carbons (Fsp3) is 0.636. The molecule has 2 unspecified atom stereocenters. The summed E-state index contributed by atoms with van der Waals surface area (Å²) in [7, 11) is 0. The van der Waals surface area contributed by atoms with Gasteiger partial charge in [-0.1, -0.05) is 15.9 Å². The summed E-state index contributed by atoms with van der Waals surface area (Å²) in [6, 6.07) is 3.91. The predicted octanol–water partition coefficient (Wildman–Crippen LogP) is 4.22. The Labute approximate surface area is 107 Å². The molecule has 1 aromatic heterocycles. The van der Waals surface area contributed by atoms with Crippen molar-refractivity contribution in [1.29, 1.82) is 0 Å². The van der Waals surface area contributed by atoms with Crippen LogP contribution in [0.3, 0.4) is 0 Å². The highest BCUT2D eigenvalue weighted by atomic mass is 79.9. The molecule has 1 aromatic rings. The molecule has 2 atom stereocenters. The number of alkyl halides is 1. The van der Waals surface area contributed by atoms with Crippen molar-refractivity contribution in [1.82, 2.24) is 0 Å². The normalized spacial score (nSPS) is 31.8. The highest BCUT2D eigenvalue weighted by Gasteiger charge is 2.36. The summed E-state index contributed by atoms with van der Waals surface area (Å²) < 4.78 is 12.4. The van der Waals surface area contributed by atoms with Crippen molar-refractivity contribution in [2.45, 2.75) is 37.9 Å². The lowest BCUT2D eigenvalue weighted by molar-refractivity contribution is -0.124. The van der Waals surface area contributed by atoms with Crippen LogP contribution in [0.4, 0.5) is 0 Å². The van der Waals surface area contributed by atoms with Crippen LogP contribution in [0.5, 0.6) is 0 Å². The maximum absolute atomic E-state index is 6.06. The highest BCUT2D eigenvalue weighted by Crippen LogP contribution is 2.39. The van der Waals surface area contributed by atoms with Crippen LogP contribution in [0.25, 0.3) is 0 Å². The molecule has 0 spiro atoms. The van der Waals surface area contributed by atoms with E-state index in [4.69, 9.17) is 9.15 Å². The minimum absolute atomic E-state index is 0.261. The Bertz CT molecular complexity index is 337. The third kappa shape index (κ3) is 2.48. The van der Waals surface area contributed by atoms with Crippen molar-refractivity contribution in [2.75, 3.05) is 5.33 Å². The van der Waals surface area contributed by atoms with Crippen molar-refractivity contribution in [3.05, 3.63) is 22.6 Å². The Morgan fingerprint density at radius 1 is 1.53 bits per heavy atom. The van der Waals surface area contributed by atoms with Crippen LogP contribution >= 0.6 is 31.9 Å². The van der Waals surface area contributed by atoms with Gasteiger partial charge >= 0.3 is 0 Å². The molecule has 84 valence electrons. The number of rotatable bonds is 2. The zero-order chi connectivity index (χ0) is 10.9. The fourth-order valence-corrected chi connectivity index (χ4v) is 2.80. The summed E-state index contributed by atoms with van der Waals surface area (Å²) >= 11 is 6.80. The lowest BCUT2D eigenvalue weighted by Crippen LogP contribution is -2.36. The molecular formula is C11H14Br2O2. The first-order valence-electron chi connectivity index (χ1n) is 5.14. The van der Waals surface area contributed by atoms with E-state index in [1.54, 1.807) is 0 Å². The van der Waals surface area contributed by atoms with Crippen molar-refractivity contribution in [3.8, 4) is 0 Å². The Morgan fingerprint density at radius 2 is 2.33 bits per heavy atom. The quantitative estimate of drug-likeness (QED) is 0.754. The van der Waals surface area contributed by atoms with Gasteiger partial charge in [0.05, 0.1) is 6.10 Å². The summed E-state index contributed by atoms with van der Waals surface area (Å²) in [5, 5.41) is 0.893. The van der Waals surface area contributed by atoms with Gasteiger partial charge in [-0.25, -0.2) is 0 Å². The molecule has 0 aromatic carbocycles. The Morgan fingerprint density at radius 3 is 2.93 bits per heavy atom. The van der Waals surface area contributed by atoms with Crippen LogP contribution in [0.1, 0.15) is 31.9 Å². The number of hydrogen-bond donors (Lipinski definition) is 0. The third-order valence-corrected chi connectivity index (χ3v) is 4.02. The molecule has 2 nitrogen and oxygen atoms in total. The van der Waals surface area contributed by atoms with E-state index in [-0.39, 0.29) is 5.60 Å². The molecule has 0 amide bonds. The van der Waals surface area contributed by atoms with E-state index < -0.39 is 0 Å². The summed E-state index contributed by atoms with van der Waals surface area (Å²) in [5.41, 5.74) is -0.261. The zero-order valence-electron chi connectivity index (χ0n) is 8.63. The lowest BCUT2D eigenvalue weighted by Gasteiger charge is -2.36. The molecule has 1 fully saturated rings. The van der Waals surface area contributed by atoms with Crippen LogP contribution in [0.15, 0.2) is 21.2 Å². The number of halogens is 2. The molecule has 1 saturated heterocycles. The maximum Gasteiger partial charge on any atom is 0.169 e. The number of ether oxygens (including phenoxy) is 1. The van der Waals surface area contributed by atoms with Crippen LogP contribution in [0.2, 0.25) is 0 Å². The van der Waals surface area contributed by atoms with Gasteiger partial charge in [-0.15, -0.1) is 0 Å². The van der Waals surface area contributed by atoms with E-state index in [9.17, 15) is 0 Å². The molecule has 1 aliphatic rings. The lowest BCUT2D eigenvalue weighted by atomic mass is 9.91. The van der Waals surface area contributed by atoms with Gasteiger partial charge in [-0.3, -0.25) is 0 Å². The molecule has 0 saturated carbocycles. The van der Waals surface area contributed by atoms with Crippen LogP contribution in [-0.4, -0.2) is 11.4 Å². The van der Waals surface area contributed by atoms with E-state index in [1.165, 1.54) is 6.42 Å². The van der Waals surface area contributed by atoms with E-state index in [0.717, 1.165) is 28.6 Å². The first kappa shape index (κ1) is 11.7. The van der Waals surface area contributed by atoms with Crippen LogP contribution < -0.4 is 0 Å². The monoisotopic (exact) mass is 336 g/mol. The van der Waals surface area contributed by atoms with Gasteiger partial charge in [0, 0.05) is 5.33 Å². The summed E-state index contributed by atoms with van der Waals surface area (Å²) in [4.78, 5) is 0. The molecule has 1 aliphatic heterocycles. The topological polar surface area (TPSA) is 22.4 Å². The van der Waals surface area contributed by atoms with E-state index >= 15 is 0 Å². The van der Waals surface area contributed by atoms with Gasteiger partial charge in [0.15, 0.2) is 4.67 Å². The molecule has 0 aliphatic carbocycles. The predicted molar refractivity (Wildman–Crippen MR) is 66.3 cm³/mol. The largest absolute Gasteiger partial charge is 0.451 e. The molecule has 0 radical (unpaired) electrons. The van der Waals surface area contributed by atoms with Crippen LogP contribution in [0, 0.1) is 0 Å². The number of hydrogen-bond acceptors (Lipinski definition) is 2. The molecule has 15 heavy (non-hydrogen) atoms. The average Bonchev–Trinajstić information content (AvgIpc) is 2.65. The van der Waals surface area contributed by atoms with Gasteiger partial charge in [-0.2, -0.15) is 0 Å². The standard InChI is InChI=1S/C11H14Br2O2/c1-11(9-4-5-10(13)14-9)6-2-3-8(7-12)15-11/h4-5,8H,2-3,6-7H2,1H3.